The maximum Gasteiger partial charge on any atom is 0.319 e. The van der Waals surface area contributed by atoms with E-state index < -0.39 is 0 Å². The predicted octanol–water partition coefficient (Wildman–Crippen LogP) is 2.17. The number of morpholine rings is 1. The zero-order valence-electron chi connectivity index (χ0n) is 22.3. The number of nitrogens with zero attached hydrogens (tertiary/aromatic N) is 5. The van der Waals surface area contributed by atoms with Crippen molar-refractivity contribution in [3.05, 3.63) is 48.5 Å². The number of ether oxygens (including phenoxy) is 1. The highest BCUT2D eigenvalue weighted by Crippen LogP contribution is 2.30. The van der Waals surface area contributed by atoms with Gasteiger partial charge in [-0.05, 0) is 61.4 Å². The van der Waals surface area contributed by atoms with Gasteiger partial charge in [-0.2, -0.15) is 15.0 Å². The molecule has 3 saturated heterocycles. The van der Waals surface area contributed by atoms with Crippen molar-refractivity contribution < 1.29 is 14.6 Å². The molecule has 3 aliphatic heterocycles. The molecule has 0 aliphatic carbocycles. The molecule has 0 radical (unpaired) electrons. The summed E-state index contributed by atoms with van der Waals surface area (Å²) in [5.74, 6) is 1.63. The van der Waals surface area contributed by atoms with Crippen LogP contribution < -0.4 is 31.1 Å². The van der Waals surface area contributed by atoms with Crippen LogP contribution in [0.3, 0.4) is 0 Å². The minimum Gasteiger partial charge on any atom is -0.395 e. The molecule has 3 fully saturated rings. The van der Waals surface area contributed by atoms with E-state index in [4.69, 9.17) is 24.8 Å². The van der Waals surface area contributed by atoms with Crippen LogP contribution in [-0.2, 0) is 4.74 Å². The molecule has 6 rings (SSSR count). The molecule has 12 nitrogen and oxygen atoms in total. The summed E-state index contributed by atoms with van der Waals surface area (Å²) in [7, 11) is 0. The average molecular weight is 546 g/mol. The number of carbonyl (C=O) groups is 1. The molecule has 0 saturated carbocycles. The van der Waals surface area contributed by atoms with E-state index in [1.807, 2.05) is 12.1 Å². The van der Waals surface area contributed by atoms with Crippen molar-refractivity contribution in [2.45, 2.75) is 25.0 Å². The second-order valence-corrected chi connectivity index (χ2v) is 10.2. The second kappa shape index (κ2) is 12.0. The van der Waals surface area contributed by atoms with Gasteiger partial charge in [0.05, 0.1) is 18.8 Å². The fourth-order valence-corrected chi connectivity index (χ4v) is 5.32. The van der Waals surface area contributed by atoms with Gasteiger partial charge in [-0.25, -0.2) is 4.79 Å². The zero-order valence-corrected chi connectivity index (χ0v) is 22.3. The molecule has 2 unspecified atom stereocenters. The van der Waals surface area contributed by atoms with Gasteiger partial charge in [-0.15, -0.1) is 0 Å². The van der Waals surface area contributed by atoms with E-state index in [9.17, 15) is 4.79 Å². The quantitative estimate of drug-likeness (QED) is 0.286. The highest BCUT2D eigenvalue weighted by atomic mass is 16.5. The number of aromatic nitrogens is 3. The SMILES string of the molecule is O=C(NCCO)Nc1ccc(-c2nc(Nc3ccc(N4CCNCC4)cc3)nc(N3CC4CCC(C3)O4)n2)cc1. The van der Waals surface area contributed by atoms with E-state index in [0.29, 0.717) is 23.4 Å². The van der Waals surface area contributed by atoms with E-state index in [1.54, 1.807) is 12.1 Å². The number of aliphatic hydroxyl groups excluding tert-OH is 1. The molecule has 0 spiro atoms. The second-order valence-electron chi connectivity index (χ2n) is 10.2. The minimum atomic E-state index is -0.374. The highest BCUT2D eigenvalue weighted by Gasteiger charge is 2.35. The Morgan fingerprint density at radius 2 is 1.62 bits per heavy atom. The summed E-state index contributed by atoms with van der Waals surface area (Å²) in [4.78, 5) is 30.9. The minimum absolute atomic E-state index is 0.116. The summed E-state index contributed by atoms with van der Waals surface area (Å²) in [6.07, 6.45) is 2.53. The summed E-state index contributed by atoms with van der Waals surface area (Å²) in [6.45, 7) is 5.56. The van der Waals surface area contributed by atoms with Crippen LogP contribution in [0.25, 0.3) is 11.4 Å². The molecule has 3 aromatic rings. The maximum absolute atomic E-state index is 11.9. The van der Waals surface area contributed by atoms with Gasteiger partial charge in [0.15, 0.2) is 5.82 Å². The Balaban J connectivity index is 1.24. The first-order chi connectivity index (χ1) is 19.6. The van der Waals surface area contributed by atoms with Crippen molar-refractivity contribution in [3.63, 3.8) is 0 Å². The smallest absolute Gasteiger partial charge is 0.319 e. The Labute approximate surface area is 233 Å². The van der Waals surface area contributed by atoms with E-state index in [2.05, 4.69) is 55.3 Å². The number of rotatable bonds is 8. The highest BCUT2D eigenvalue weighted by molar-refractivity contribution is 5.89. The average Bonchev–Trinajstić information content (AvgIpc) is 3.34. The standard InChI is InChI=1S/C28H35N9O3/c38-16-13-30-28(39)32-21-3-1-19(2-4-21)25-33-26(35-27(34-25)37-17-23-9-10-24(18-37)40-23)31-20-5-7-22(8-6-20)36-14-11-29-12-15-36/h1-8,23-24,29,38H,9-18H2,(H2,30,32,39)(H,31,33,34,35). The third kappa shape index (κ3) is 6.24. The van der Waals surface area contributed by atoms with Gasteiger partial charge in [0.1, 0.15) is 0 Å². The van der Waals surface area contributed by atoms with Crippen LogP contribution in [0.5, 0.6) is 0 Å². The molecule has 3 aliphatic rings. The number of amides is 2. The summed E-state index contributed by atoms with van der Waals surface area (Å²) < 4.78 is 6.03. The van der Waals surface area contributed by atoms with Crippen molar-refractivity contribution in [3.8, 4) is 11.4 Å². The number of anilines is 5. The monoisotopic (exact) mass is 545 g/mol. The molecular weight excluding hydrogens is 510 g/mol. The number of benzene rings is 2. The molecule has 4 heterocycles. The molecule has 2 bridgehead atoms. The third-order valence-electron chi connectivity index (χ3n) is 7.35. The molecule has 1 aromatic heterocycles. The van der Waals surface area contributed by atoms with Crippen LogP contribution in [0.15, 0.2) is 48.5 Å². The molecule has 12 heteroatoms. The zero-order chi connectivity index (χ0) is 27.3. The molecule has 2 atom stereocenters. The fourth-order valence-electron chi connectivity index (χ4n) is 5.32. The number of aliphatic hydroxyl groups is 1. The normalized spacial score (nSPS) is 20.3. The van der Waals surface area contributed by atoms with Gasteiger partial charge in [0.2, 0.25) is 11.9 Å². The molecule has 40 heavy (non-hydrogen) atoms. The van der Waals surface area contributed by atoms with Crippen LogP contribution in [0.4, 0.5) is 33.8 Å². The van der Waals surface area contributed by atoms with E-state index in [1.165, 1.54) is 5.69 Å². The largest absolute Gasteiger partial charge is 0.395 e. The molecule has 5 N–H and O–H groups in total. The van der Waals surface area contributed by atoms with Crippen LogP contribution >= 0.6 is 0 Å². The van der Waals surface area contributed by atoms with Crippen molar-refractivity contribution >= 4 is 35.0 Å². The molecule has 210 valence electrons. The Bertz CT molecular complexity index is 1290. The first kappa shape index (κ1) is 26.2. The van der Waals surface area contributed by atoms with Crippen molar-refractivity contribution in [1.29, 1.82) is 0 Å². The number of urea groups is 1. The summed E-state index contributed by atoms with van der Waals surface area (Å²) >= 11 is 0. The topological polar surface area (TPSA) is 140 Å². The lowest BCUT2D eigenvalue weighted by Gasteiger charge is -2.32. The Morgan fingerprint density at radius 3 is 2.33 bits per heavy atom. The van der Waals surface area contributed by atoms with Crippen molar-refractivity contribution in [2.75, 3.05) is 72.9 Å². The van der Waals surface area contributed by atoms with Gasteiger partial charge in [-0.3, -0.25) is 0 Å². The summed E-state index contributed by atoms with van der Waals surface area (Å²) in [6, 6.07) is 15.3. The summed E-state index contributed by atoms with van der Waals surface area (Å²) in [5.41, 5.74) is 3.53. The van der Waals surface area contributed by atoms with Gasteiger partial charge < -0.3 is 40.9 Å². The summed E-state index contributed by atoms with van der Waals surface area (Å²) in [5, 5.41) is 21.0. The van der Waals surface area contributed by atoms with E-state index >= 15 is 0 Å². The lowest BCUT2D eigenvalue weighted by atomic mass is 10.2. The first-order valence-corrected chi connectivity index (χ1v) is 13.9. The van der Waals surface area contributed by atoms with Crippen molar-refractivity contribution in [2.24, 2.45) is 0 Å². The number of nitrogens with one attached hydrogen (secondary N) is 4. The predicted molar refractivity (Wildman–Crippen MR) is 154 cm³/mol. The Morgan fingerprint density at radius 1 is 0.925 bits per heavy atom. The number of piperazine rings is 1. The van der Waals surface area contributed by atoms with Gasteiger partial charge in [-0.1, -0.05) is 0 Å². The van der Waals surface area contributed by atoms with E-state index in [0.717, 1.165) is 63.4 Å². The van der Waals surface area contributed by atoms with Gasteiger partial charge >= 0.3 is 6.03 Å². The Kier molecular flexibility index (Phi) is 7.89. The lowest BCUT2D eigenvalue weighted by Crippen LogP contribution is -2.43. The van der Waals surface area contributed by atoms with Crippen LogP contribution in [0, 0.1) is 0 Å². The van der Waals surface area contributed by atoms with Crippen LogP contribution in [0.1, 0.15) is 12.8 Å². The van der Waals surface area contributed by atoms with E-state index in [-0.39, 0.29) is 31.4 Å². The number of hydrogen-bond acceptors (Lipinski definition) is 10. The van der Waals surface area contributed by atoms with Gasteiger partial charge in [0.25, 0.3) is 0 Å². The molecule has 2 amide bonds. The third-order valence-corrected chi connectivity index (χ3v) is 7.35. The number of fused-ring (bicyclic) bond motifs is 2. The molecular formula is C28H35N9O3. The number of hydrogen-bond donors (Lipinski definition) is 5. The van der Waals surface area contributed by atoms with Crippen molar-refractivity contribution in [1.82, 2.24) is 25.6 Å². The number of carbonyl (C=O) groups excluding carboxylic acids is 1. The molecule has 2 aromatic carbocycles. The van der Waals surface area contributed by atoms with Crippen LogP contribution in [0.2, 0.25) is 0 Å². The fraction of sp³-hybridized carbons (Fsp3) is 0.429. The Hall–Kier alpha value is -4.00. The lowest BCUT2D eigenvalue weighted by molar-refractivity contribution is 0.0299. The first-order valence-electron chi connectivity index (χ1n) is 13.9. The van der Waals surface area contributed by atoms with Gasteiger partial charge in [0, 0.05) is 68.4 Å². The maximum atomic E-state index is 11.9. The van der Waals surface area contributed by atoms with Crippen LogP contribution in [-0.4, -0.2) is 90.7 Å².